The molecule has 21 heavy (non-hydrogen) atoms. The molecule has 0 bridgehead atoms. The third-order valence-corrected chi connectivity index (χ3v) is 12.4. The van der Waals surface area contributed by atoms with Crippen molar-refractivity contribution in [1.82, 2.24) is 0 Å². The Morgan fingerprint density at radius 1 is 0.524 bits per heavy atom. The summed E-state index contributed by atoms with van der Waals surface area (Å²) in [5.41, 5.74) is 0. The topological polar surface area (TPSA) is 0 Å². The Labute approximate surface area is 134 Å². The first-order valence-electron chi connectivity index (χ1n) is 9.89. The van der Waals surface area contributed by atoms with Crippen molar-refractivity contribution in [2.45, 2.75) is 87.5 Å². The second kappa shape index (κ2) is 5.77. The first-order valence-corrected chi connectivity index (χ1v) is 12.5. The maximum Gasteiger partial charge on any atom is -0.00831 e. The zero-order valence-electron chi connectivity index (χ0n) is 14.4. The largest absolute Gasteiger partial charge is 0.241 e. The maximum atomic E-state index is 2.77. The second-order valence-electron chi connectivity index (χ2n) is 9.14. The predicted octanol–water partition coefficient (Wildman–Crippen LogP) is 5.99. The van der Waals surface area contributed by atoms with E-state index in [0.717, 1.165) is 34.2 Å². The SMILES string of the molecule is CS(C)(C1CCC2CCCCC21)C1CCC2CCCC[C@@H]21. The molecule has 4 fully saturated rings. The van der Waals surface area contributed by atoms with Gasteiger partial charge in [0.25, 0.3) is 0 Å². The van der Waals surface area contributed by atoms with Gasteiger partial charge >= 0.3 is 0 Å². The fraction of sp³-hybridized carbons (Fsp3) is 1.00. The van der Waals surface area contributed by atoms with Gasteiger partial charge in [0.15, 0.2) is 0 Å². The normalized spacial score (nSPS) is 47.9. The Morgan fingerprint density at radius 3 is 1.43 bits per heavy atom. The quantitative estimate of drug-likeness (QED) is 0.588. The van der Waals surface area contributed by atoms with Crippen molar-refractivity contribution in [1.29, 1.82) is 0 Å². The van der Waals surface area contributed by atoms with E-state index >= 15 is 0 Å². The van der Waals surface area contributed by atoms with Gasteiger partial charge in [-0.25, -0.2) is 10.0 Å². The molecule has 0 aromatic carbocycles. The fourth-order valence-corrected chi connectivity index (χ4v) is 11.5. The Balaban J connectivity index is 1.52. The van der Waals surface area contributed by atoms with Crippen LogP contribution in [0.1, 0.15) is 77.0 Å². The van der Waals surface area contributed by atoms with Crippen LogP contribution in [-0.2, 0) is 0 Å². The van der Waals surface area contributed by atoms with E-state index in [1.807, 2.05) is 0 Å². The van der Waals surface area contributed by atoms with Gasteiger partial charge in [-0.15, -0.1) is 0 Å². The van der Waals surface area contributed by atoms with E-state index in [9.17, 15) is 0 Å². The van der Waals surface area contributed by atoms with Crippen LogP contribution in [0, 0.1) is 23.7 Å². The van der Waals surface area contributed by atoms with Crippen LogP contribution >= 0.6 is 10.0 Å². The van der Waals surface area contributed by atoms with E-state index in [0.29, 0.717) is 0 Å². The third kappa shape index (κ3) is 2.50. The van der Waals surface area contributed by atoms with Gasteiger partial charge in [-0.1, -0.05) is 38.5 Å². The highest BCUT2D eigenvalue weighted by atomic mass is 32.3. The first-order chi connectivity index (χ1) is 10.2. The zero-order chi connectivity index (χ0) is 14.4. The molecular weight excluding hydrogens is 272 g/mol. The lowest BCUT2D eigenvalue weighted by atomic mass is 9.81. The van der Waals surface area contributed by atoms with Gasteiger partial charge in [0.05, 0.1) is 0 Å². The number of hydrogen-bond donors (Lipinski definition) is 0. The molecule has 122 valence electrons. The molecule has 0 spiro atoms. The Hall–Kier alpha value is 0.350. The van der Waals surface area contributed by atoms with Crippen LogP contribution in [0.2, 0.25) is 0 Å². The predicted molar refractivity (Wildman–Crippen MR) is 96.4 cm³/mol. The lowest BCUT2D eigenvalue weighted by molar-refractivity contribution is 0.273. The zero-order valence-corrected chi connectivity index (χ0v) is 15.2. The van der Waals surface area contributed by atoms with Crippen LogP contribution < -0.4 is 0 Å². The van der Waals surface area contributed by atoms with Gasteiger partial charge in [0, 0.05) is 0 Å². The summed E-state index contributed by atoms with van der Waals surface area (Å²) in [5.74, 6) is 4.57. The van der Waals surface area contributed by atoms with Crippen molar-refractivity contribution in [2.24, 2.45) is 23.7 Å². The van der Waals surface area contributed by atoms with Crippen molar-refractivity contribution in [3.63, 3.8) is 0 Å². The number of hydrogen-bond acceptors (Lipinski definition) is 0. The third-order valence-electron chi connectivity index (χ3n) is 8.10. The van der Waals surface area contributed by atoms with Crippen LogP contribution in [0.4, 0.5) is 0 Å². The lowest BCUT2D eigenvalue weighted by Crippen LogP contribution is -2.36. The average Bonchev–Trinajstić information content (AvgIpc) is 3.12. The van der Waals surface area contributed by atoms with E-state index in [4.69, 9.17) is 0 Å². The summed E-state index contributed by atoms with van der Waals surface area (Å²) in [6.45, 7) is 0. The summed E-state index contributed by atoms with van der Waals surface area (Å²) < 4.78 is 0. The molecule has 0 aliphatic heterocycles. The van der Waals surface area contributed by atoms with E-state index in [-0.39, 0.29) is 10.0 Å². The Bertz CT molecular complexity index is 340. The highest BCUT2D eigenvalue weighted by Crippen LogP contribution is 2.67. The van der Waals surface area contributed by atoms with Crippen LogP contribution in [0.25, 0.3) is 0 Å². The summed E-state index contributed by atoms with van der Waals surface area (Å²) in [4.78, 5) is 0. The van der Waals surface area contributed by atoms with E-state index in [1.54, 1.807) is 64.2 Å². The van der Waals surface area contributed by atoms with Gasteiger partial charge in [0.1, 0.15) is 0 Å². The van der Waals surface area contributed by atoms with Crippen molar-refractivity contribution >= 4 is 10.0 Å². The molecule has 0 radical (unpaired) electrons. The molecule has 0 saturated heterocycles. The summed E-state index contributed by atoms with van der Waals surface area (Å²) in [6, 6.07) is 0. The van der Waals surface area contributed by atoms with Crippen molar-refractivity contribution in [3.05, 3.63) is 0 Å². The van der Waals surface area contributed by atoms with Gasteiger partial charge in [-0.3, -0.25) is 0 Å². The molecule has 0 heterocycles. The second-order valence-corrected chi connectivity index (χ2v) is 13.3. The summed E-state index contributed by atoms with van der Waals surface area (Å²) in [5, 5.41) is 2.29. The van der Waals surface area contributed by atoms with Gasteiger partial charge in [-0.2, -0.15) is 0 Å². The highest BCUT2D eigenvalue weighted by Gasteiger charge is 2.49. The first kappa shape index (κ1) is 14.9. The van der Waals surface area contributed by atoms with Crippen LogP contribution in [0.5, 0.6) is 0 Å². The molecule has 4 aliphatic rings. The number of fused-ring (bicyclic) bond motifs is 2. The van der Waals surface area contributed by atoms with Crippen molar-refractivity contribution in [3.8, 4) is 0 Å². The minimum atomic E-state index is -0.379. The fourth-order valence-electron chi connectivity index (χ4n) is 7.09. The highest BCUT2D eigenvalue weighted by molar-refractivity contribution is 8.33. The number of rotatable bonds is 2. The summed E-state index contributed by atoms with van der Waals surface area (Å²) >= 11 is 0. The maximum absolute atomic E-state index is 2.77. The minimum Gasteiger partial charge on any atom is -0.241 e. The van der Waals surface area contributed by atoms with Gasteiger partial charge in [-0.05, 0) is 85.2 Å². The average molecular weight is 309 g/mol. The van der Waals surface area contributed by atoms with Crippen LogP contribution in [0.15, 0.2) is 0 Å². The molecule has 5 unspecified atom stereocenters. The smallest absolute Gasteiger partial charge is 0.00831 e. The van der Waals surface area contributed by atoms with Gasteiger partial charge < -0.3 is 0 Å². The molecular formula is C20H36S. The molecule has 4 saturated carbocycles. The molecule has 0 nitrogen and oxygen atoms in total. The summed E-state index contributed by atoms with van der Waals surface area (Å²) in [6.07, 6.45) is 24.4. The lowest BCUT2D eigenvalue weighted by Gasteiger charge is -2.50. The van der Waals surface area contributed by atoms with Crippen LogP contribution in [-0.4, -0.2) is 23.0 Å². The van der Waals surface area contributed by atoms with Crippen molar-refractivity contribution in [2.75, 3.05) is 12.5 Å². The molecule has 4 aliphatic carbocycles. The van der Waals surface area contributed by atoms with E-state index in [2.05, 4.69) is 12.5 Å². The van der Waals surface area contributed by atoms with Crippen LogP contribution in [0.3, 0.4) is 0 Å². The standard InChI is InChI=1S/C20H36S/c1-21(2,19-13-11-15-7-3-5-9-17(15)19)20-14-12-16-8-4-6-10-18(16)20/h15-20H,3-14H2,1-2H3/t15?,16?,17-,18?,19?,20?/m0/s1. The molecule has 0 aromatic rings. The van der Waals surface area contributed by atoms with E-state index in [1.165, 1.54) is 12.8 Å². The van der Waals surface area contributed by atoms with Gasteiger partial charge in [0.2, 0.25) is 0 Å². The molecule has 0 N–H and O–H groups in total. The molecule has 6 atom stereocenters. The Kier molecular flexibility index (Phi) is 4.09. The molecule has 0 aromatic heterocycles. The molecule has 1 heteroatoms. The monoisotopic (exact) mass is 308 g/mol. The minimum absolute atomic E-state index is 0.379. The Morgan fingerprint density at radius 2 is 0.952 bits per heavy atom. The molecule has 0 amide bonds. The van der Waals surface area contributed by atoms with E-state index < -0.39 is 0 Å². The molecule has 4 rings (SSSR count). The summed E-state index contributed by atoms with van der Waals surface area (Å²) in [7, 11) is -0.379. The van der Waals surface area contributed by atoms with Crippen molar-refractivity contribution < 1.29 is 0 Å².